The highest BCUT2D eigenvalue weighted by Gasteiger charge is 2.19. The zero-order valence-corrected chi connectivity index (χ0v) is 10.7. The molecule has 0 aromatic carbocycles. The lowest BCUT2D eigenvalue weighted by Crippen LogP contribution is -2.43. The first-order valence-corrected chi connectivity index (χ1v) is 6.21. The maximum absolute atomic E-state index is 11.8. The SMILES string of the molecule is CC(C)=CC(NC(=O)c1cccs1)C(O)CO. The second-order valence-corrected chi connectivity index (χ2v) is 4.92. The van der Waals surface area contributed by atoms with E-state index in [9.17, 15) is 9.90 Å². The lowest BCUT2D eigenvalue weighted by atomic mass is 10.1. The summed E-state index contributed by atoms with van der Waals surface area (Å²) in [4.78, 5) is 12.4. The molecule has 94 valence electrons. The summed E-state index contributed by atoms with van der Waals surface area (Å²) in [5, 5.41) is 23.0. The van der Waals surface area contributed by atoms with E-state index in [0.29, 0.717) is 4.88 Å². The highest BCUT2D eigenvalue weighted by atomic mass is 32.1. The molecule has 0 aliphatic rings. The van der Waals surface area contributed by atoms with Gasteiger partial charge in [-0.3, -0.25) is 4.79 Å². The maximum Gasteiger partial charge on any atom is 0.261 e. The van der Waals surface area contributed by atoms with Gasteiger partial charge in [0.25, 0.3) is 5.91 Å². The zero-order valence-electron chi connectivity index (χ0n) is 9.88. The molecule has 0 saturated heterocycles. The first-order valence-electron chi connectivity index (χ1n) is 5.33. The van der Waals surface area contributed by atoms with E-state index < -0.39 is 12.1 Å². The lowest BCUT2D eigenvalue weighted by Gasteiger charge is -2.19. The zero-order chi connectivity index (χ0) is 12.8. The van der Waals surface area contributed by atoms with E-state index in [1.807, 2.05) is 19.2 Å². The number of nitrogens with one attached hydrogen (secondary N) is 1. The number of allylic oxidation sites excluding steroid dienone is 1. The highest BCUT2D eigenvalue weighted by molar-refractivity contribution is 7.12. The summed E-state index contributed by atoms with van der Waals surface area (Å²) >= 11 is 1.33. The molecule has 1 rings (SSSR count). The molecule has 3 N–H and O–H groups in total. The van der Waals surface area contributed by atoms with Gasteiger partial charge < -0.3 is 15.5 Å². The molecule has 0 aliphatic heterocycles. The summed E-state index contributed by atoms with van der Waals surface area (Å²) in [5.74, 6) is -0.241. The molecule has 1 heterocycles. The first kappa shape index (κ1) is 13.9. The third-order valence-corrected chi connectivity index (χ3v) is 3.03. The van der Waals surface area contributed by atoms with Gasteiger partial charge in [-0.25, -0.2) is 0 Å². The minimum absolute atomic E-state index is 0.241. The summed E-state index contributed by atoms with van der Waals surface area (Å²) in [6.07, 6.45) is 0.737. The van der Waals surface area contributed by atoms with Gasteiger partial charge in [0.15, 0.2) is 0 Å². The smallest absolute Gasteiger partial charge is 0.261 e. The topological polar surface area (TPSA) is 69.6 Å². The summed E-state index contributed by atoms with van der Waals surface area (Å²) in [5.41, 5.74) is 0.967. The van der Waals surface area contributed by atoms with Crippen LogP contribution in [-0.4, -0.2) is 34.9 Å². The van der Waals surface area contributed by atoms with Crippen molar-refractivity contribution in [1.82, 2.24) is 5.32 Å². The number of carbonyl (C=O) groups is 1. The van der Waals surface area contributed by atoms with Crippen LogP contribution in [0, 0.1) is 0 Å². The van der Waals surface area contributed by atoms with E-state index >= 15 is 0 Å². The number of amides is 1. The van der Waals surface area contributed by atoms with Crippen LogP contribution in [0.1, 0.15) is 23.5 Å². The van der Waals surface area contributed by atoms with Crippen LogP contribution in [0.3, 0.4) is 0 Å². The van der Waals surface area contributed by atoms with Gasteiger partial charge in [0.05, 0.1) is 17.5 Å². The summed E-state index contributed by atoms with van der Waals surface area (Å²) in [7, 11) is 0. The molecule has 0 saturated carbocycles. The molecule has 0 spiro atoms. The van der Waals surface area contributed by atoms with Crippen LogP contribution in [0.15, 0.2) is 29.2 Å². The second kappa shape index (κ2) is 6.54. The molecule has 5 heteroatoms. The Labute approximate surface area is 105 Å². The van der Waals surface area contributed by atoms with Gasteiger partial charge in [0.2, 0.25) is 0 Å². The summed E-state index contributed by atoms with van der Waals surface area (Å²) in [6, 6.07) is 2.93. The largest absolute Gasteiger partial charge is 0.394 e. The molecule has 0 fully saturated rings. The highest BCUT2D eigenvalue weighted by Crippen LogP contribution is 2.09. The number of hydrogen-bond acceptors (Lipinski definition) is 4. The Morgan fingerprint density at radius 2 is 2.29 bits per heavy atom. The summed E-state index contributed by atoms with van der Waals surface area (Å²) < 4.78 is 0. The third-order valence-electron chi connectivity index (χ3n) is 2.16. The number of thiophene rings is 1. The molecular formula is C12H17NO3S. The number of aliphatic hydroxyl groups is 2. The Bertz CT molecular complexity index is 382. The van der Waals surface area contributed by atoms with Crippen molar-refractivity contribution in [2.75, 3.05) is 6.61 Å². The van der Waals surface area contributed by atoms with Crippen molar-refractivity contribution >= 4 is 17.2 Å². The number of rotatable bonds is 5. The van der Waals surface area contributed by atoms with Gasteiger partial charge in [0.1, 0.15) is 6.10 Å². The van der Waals surface area contributed by atoms with E-state index in [-0.39, 0.29) is 12.5 Å². The number of aliphatic hydroxyl groups excluding tert-OH is 2. The van der Waals surface area contributed by atoms with Gasteiger partial charge >= 0.3 is 0 Å². The Morgan fingerprint density at radius 3 is 2.76 bits per heavy atom. The Hall–Kier alpha value is -1.17. The van der Waals surface area contributed by atoms with Gasteiger partial charge in [-0.2, -0.15) is 0 Å². The predicted octanol–water partition coefficient (Wildman–Crippen LogP) is 1.17. The van der Waals surface area contributed by atoms with Crippen LogP contribution < -0.4 is 5.32 Å². The van der Waals surface area contributed by atoms with Gasteiger partial charge in [-0.15, -0.1) is 11.3 Å². The number of carbonyl (C=O) groups excluding carboxylic acids is 1. The van der Waals surface area contributed by atoms with Crippen LogP contribution in [-0.2, 0) is 0 Å². The van der Waals surface area contributed by atoms with E-state index in [4.69, 9.17) is 5.11 Å². The van der Waals surface area contributed by atoms with Crippen molar-refractivity contribution in [3.05, 3.63) is 34.0 Å². The molecule has 0 aliphatic carbocycles. The Kier molecular flexibility index (Phi) is 5.34. The molecule has 2 unspecified atom stereocenters. The Balaban J connectivity index is 2.73. The van der Waals surface area contributed by atoms with E-state index in [2.05, 4.69) is 5.32 Å². The van der Waals surface area contributed by atoms with Crippen LogP contribution in [0.2, 0.25) is 0 Å². The fourth-order valence-corrected chi connectivity index (χ4v) is 1.98. The van der Waals surface area contributed by atoms with E-state index in [1.54, 1.807) is 18.2 Å². The van der Waals surface area contributed by atoms with Crippen molar-refractivity contribution in [1.29, 1.82) is 0 Å². The quantitative estimate of drug-likeness (QED) is 0.692. The van der Waals surface area contributed by atoms with Crippen molar-refractivity contribution in [3.8, 4) is 0 Å². The number of hydrogen-bond donors (Lipinski definition) is 3. The molecular weight excluding hydrogens is 238 g/mol. The van der Waals surface area contributed by atoms with Gasteiger partial charge in [-0.1, -0.05) is 17.7 Å². The standard InChI is InChI=1S/C12H17NO3S/c1-8(2)6-9(10(15)7-14)13-12(16)11-4-3-5-17-11/h3-6,9-10,14-15H,7H2,1-2H3,(H,13,16). The molecule has 0 radical (unpaired) electrons. The van der Waals surface area contributed by atoms with Crippen molar-refractivity contribution in [2.24, 2.45) is 0 Å². The van der Waals surface area contributed by atoms with Crippen molar-refractivity contribution in [3.63, 3.8) is 0 Å². The molecule has 1 aromatic rings. The molecule has 2 atom stereocenters. The first-order chi connectivity index (χ1) is 8.04. The minimum Gasteiger partial charge on any atom is -0.394 e. The second-order valence-electron chi connectivity index (χ2n) is 3.97. The predicted molar refractivity (Wildman–Crippen MR) is 68.1 cm³/mol. The fourth-order valence-electron chi connectivity index (χ4n) is 1.35. The summed E-state index contributed by atoms with van der Waals surface area (Å²) in [6.45, 7) is 3.35. The van der Waals surface area contributed by atoms with Crippen molar-refractivity contribution < 1.29 is 15.0 Å². The molecule has 17 heavy (non-hydrogen) atoms. The Morgan fingerprint density at radius 1 is 1.59 bits per heavy atom. The molecule has 4 nitrogen and oxygen atoms in total. The normalized spacial score (nSPS) is 13.9. The van der Waals surface area contributed by atoms with E-state index in [1.165, 1.54) is 11.3 Å². The molecule has 0 bridgehead atoms. The molecule has 1 aromatic heterocycles. The monoisotopic (exact) mass is 255 g/mol. The maximum atomic E-state index is 11.8. The van der Waals surface area contributed by atoms with Crippen LogP contribution >= 0.6 is 11.3 Å². The van der Waals surface area contributed by atoms with Crippen molar-refractivity contribution in [2.45, 2.75) is 26.0 Å². The fraction of sp³-hybridized carbons (Fsp3) is 0.417. The van der Waals surface area contributed by atoms with Gasteiger partial charge in [0, 0.05) is 0 Å². The molecule has 1 amide bonds. The lowest BCUT2D eigenvalue weighted by molar-refractivity contribution is 0.0671. The minimum atomic E-state index is -0.992. The van der Waals surface area contributed by atoms with Crippen LogP contribution in [0.4, 0.5) is 0 Å². The average molecular weight is 255 g/mol. The van der Waals surface area contributed by atoms with E-state index in [0.717, 1.165) is 5.57 Å². The van der Waals surface area contributed by atoms with Crippen LogP contribution in [0.5, 0.6) is 0 Å². The average Bonchev–Trinajstić information content (AvgIpc) is 2.79. The van der Waals surface area contributed by atoms with Crippen LogP contribution in [0.25, 0.3) is 0 Å². The third kappa shape index (κ3) is 4.30. The van der Waals surface area contributed by atoms with Gasteiger partial charge in [-0.05, 0) is 25.3 Å².